The van der Waals surface area contributed by atoms with Gasteiger partial charge in [0.1, 0.15) is 5.76 Å². The Morgan fingerprint density at radius 2 is 1.69 bits per heavy atom. The zero-order valence-electron chi connectivity index (χ0n) is 22.2. The van der Waals surface area contributed by atoms with Crippen molar-refractivity contribution in [3.63, 3.8) is 0 Å². The van der Waals surface area contributed by atoms with Gasteiger partial charge in [0.25, 0.3) is 0 Å². The monoisotopic (exact) mass is 518 g/mol. The quantitative estimate of drug-likeness (QED) is 0.251. The highest BCUT2D eigenvalue weighted by Crippen LogP contribution is 2.68. The van der Waals surface area contributed by atoms with Gasteiger partial charge in [-0.15, -0.1) is 0 Å². The summed E-state index contributed by atoms with van der Waals surface area (Å²) < 4.78 is 66.1. The van der Waals surface area contributed by atoms with Crippen LogP contribution in [0.3, 0.4) is 0 Å². The maximum atomic E-state index is 12.8. The van der Waals surface area contributed by atoms with E-state index in [0.717, 1.165) is 36.5 Å². The average molecular weight is 519 g/mol. The third-order valence-corrected chi connectivity index (χ3v) is 12.0. The maximum Gasteiger partial charge on any atom is 0.534 e. The van der Waals surface area contributed by atoms with E-state index in [2.05, 4.69) is 38.8 Å². The summed E-state index contributed by atoms with van der Waals surface area (Å²) in [5.74, 6) is 4.48. The number of rotatable bonds is 7. The Morgan fingerprint density at radius 3 is 2.34 bits per heavy atom. The van der Waals surface area contributed by atoms with Crippen molar-refractivity contribution in [2.75, 3.05) is 0 Å². The Kier molecular flexibility index (Phi) is 7.45. The minimum Gasteiger partial charge on any atom is -0.381 e. The topological polar surface area (TPSA) is 43.4 Å². The molecule has 4 rings (SSSR count). The number of hydrogen-bond acceptors (Lipinski definition) is 3. The minimum atomic E-state index is -5.59. The Labute approximate surface area is 210 Å². The number of alkyl halides is 3. The molecule has 0 bridgehead atoms. The molecular formula is C28H45F3O3S. The van der Waals surface area contributed by atoms with Crippen molar-refractivity contribution in [2.24, 2.45) is 52.3 Å². The van der Waals surface area contributed by atoms with Crippen LogP contribution < -0.4 is 0 Å². The number of halogens is 3. The van der Waals surface area contributed by atoms with Gasteiger partial charge in [-0.2, -0.15) is 21.6 Å². The molecule has 0 aromatic rings. The fourth-order valence-corrected chi connectivity index (χ4v) is 9.64. The van der Waals surface area contributed by atoms with E-state index in [0.29, 0.717) is 30.1 Å². The van der Waals surface area contributed by atoms with Gasteiger partial charge in [0, 0.05) is 6.42 Å². The lowest BCUT2D eigenvalue weighted by Crippen LogP contribution is -2.53. The average Bonchev–Trinajstić information content (AvgIpc) is 3.10. The summed E-state index contributed by atoms with van der Waals surface area (Å²) in [5.41, 5.74) is -4.97. The van der Waals surface area contributed by atoms with E-state index in [-0.39, 0.29) is 17.1 Å². The Hall–Kier alpha value is -0.720. The molecule has 3 saturated carbocycles. The van der Waals surface area contributed by atoms with Gasteiger partial charge in [-0.25, -0.2) is 0 Å². The Bertz CT molecular complexity index is 911. The van der Waals surface area contributed by atoms with Crippen LogP contribution in [0.1, 0.15) is 105 Å². The lowest BCUT2D eigenvalue weighted by atomic mass is 9.45. The predicted octanol–water partition coefficient (Wildman–Crippen LogP) is 8.47. The molecule has 0 aromatic carbocycles. The molecule has 0 amide bonds. The zero-order valence-corrected chi connectivity index (χ0v) is 23.0. The summed E-state index contributed by atoms with van der Waals surface area (Å²) in [4.78, 5) is 0. The van der Waals surface area contributed by atoms with Crippen LogP contribution in [0, 0.1) is 52.3 Å². The number of hydrogen-bond donors (Lipinski definition) is 0. The summed E-state index contributed by atoms with van der Waals surface area (Å²) in [6.07, 6.45) is 13.6. The lowest BCUT2D eigenvalue weighted by molar-refractivity contribution is -0.104. The van der Waals surface area contributed by atoms with Gasteiger partial charge >= 0.3 is 15.6 Å². The summed E-state index contributed by atoms with van der Waals surface area (Å²) in [5, 5.41) is 0. The van der Waals surface area contributed by atoms with Crippen molar-refractivity contribution in [2.45, 2.75) is 111 Å². The molecule has 0 aliphatic heterocycles. The Morgan fingerprint density at radius 1 is 1.00 bits per heavy atom. The Balaban J connectivity index is 1.46. The molecule has 8 atom stereocenters. The fraction of sp³-hybridized carbons (Fsp3) is 0.929. The maximum absolute atomic E-state index is 12.8. The van der Waals surface area contributed by atoms with Crippen LogP contribution in [0.15, 0.2) is 11.8 Å². The van der Waals surface area contributed by atoms with Crippen molar-refractivity contribution in [3.05, 3.63) is 11.8 Å². The summed E-state index contributed by atoms with van der Waals surface area (Å²) >= 11 is 0. The molecule has 202 valence electrons. The van der Waals surface area contributed by atoms with Crippen LogP contribution in [-0.4, -0.2) is 13.9 Å². The van der Waals surface area contributed by atoms with Gasteiger partial charge in [0.15, 0.2) is 0 Å². The molecule has 0 saturated heterocycles. The van der Waals surface area contributed by atoms with Gasteiger partial charge in [0.2, 0.25) is 0 Å². The van der Waals surface area contributed by atoms with E-state index < -0.39 is 15.6 Å². The first kappa shape index (κ1) is 27.3. The first-order chi connectivity index (χ1) is 16.2. The molecule has 3 nitrogen and oxygen atoms in total. The molecule has 3 fully saturated rings. The van der Waals surface area contributed by atoms with E-state index in [9.17, 15) is 21.6 Å². The minimum absolute atomic E-state index is 0.0138. The van der Waals surface area contributed by atoms with Gasteiger partial charge in [-0.1, -0.05) is 53.9 Å². The molecule has 0 radical (unpaired) electrons. The van der Waals surface area contributed by atoms with E-state index in [4.69, 9.17) is 0 Å². The van der Waals surface area contributed by atoms with Crippen LogP contribution in [0.5, 0.6) is 0 Å². The first-order valence-corrected chi connectivity index (χ1v) is 15.3. The summed E-state index contributed by atoms with van der Waals surface area (Å²) in [6.45, 7) is 12.0. The first-order valence-electron chi connectivity index (χ1n) is 13.9. The van der Waals surface area contributed by atoms with E-state index in [1.807, 2.05) is 0 Å². The normalized spacial score (nSPS) is 40.5. The van der Waals surface area contributed by atoms with Gasteiger partial charge in [0.05, 0.1) is 0 Å². The second-order valence-corrected chi connectivity index (χ2v) is 14.8. The molecule has 4 aliphatic rings. The van der Waals surface area contributed by atoms with Crippen molar-refractivity contribution in [1.82, 2.24) is 0 Å². The van der Waals surface area contributed by atoms with Crippen molar-refractivity contribution in [1.29, 1.82) is 0 Å². The van der Waals surface area contributed by atoms with Gasteiger partial charge in [-0.3, -0.25) is 0 Å². The van der Waals surface area contributed by atoms with E-state index >= 15 is 0 Å². The molecule has 0 N–H and O–H groups in total. The zero-order chi connectivity index (χ0) is 25.8. The van der Waals surface area contributed by atoms with Crippen molar-refractivity contribution < 1.29 is 25.8 Å². The SMILES string of the molecule is CC(C)CCC[C@@H](C)[C@H]1CC[C@H]2[C@@H]3CC[C@H]4CC(OS(=O)(=O)C(F)(F)F)=CC[C@]4(C)[C@H]3CC[C@]12C. The molecular weight excluding hydrogens is 473 g/mol. The van der Waals surface area contributed by atoms with Crippen LogP contribution in [0.4, 0.5) is 13.2 Å². The largest absolute Gasteiger partial charge is 0.534 e. The molecule has 0 aromatic heterocycles. The van der Waals surface area contributed by atoms with Crippen molar-refractivity contribution in [3.8, 4) is 0 Å². The molecule has 4 aliphatic carbocycles. The summed E-state index contributed by atoms with van der Waals surface area (Å²) in [6, 6.07) is 0. The fourth-order valence-electron chi connectivity index (χ4n) is 9.13. The smallest absolute Gasteiger partial charge is 0.381 e. The third kappa shape index (κ3) is 4.93. The van der Waals surface area contributed by atoms with Crippen LogP contribution in [-0.2, 0) is 14.3 Å². The third-order valence-electron chi connectivity index (χ3n) is 11.0. The number of fused-ring (bicyclic) bond motifs is 5. The van der Waals surface area contributed by atoms with Crippen LogP contribution >= 0.6 is 0 Å². The van der Waals surface area contributed by atoms with Crippen LogP contribution in [0.2, 0.25) is 0 Å². The van der Waals surface area contributed by atoms with Crippen molar-refractivity contribution >= 4 is 10.1 Å². The van der Waals surface area contributed by atoms with Crippen LogP contribution in [0.25, 0.3) is 0 Å². The highest BCUT2D eigenvalue weighted by Gasteiger charge is 2.60. The second-order valence-electron chi connectivity index (χ2n) is 13.2. The number of allylic oxidation sites excluding steroid dienone is 2. The second kappa shape index (κ2) is 9.54. The molecule has 0 spiro atoms. The molecule has 0 heterocycles. The highest BCUT2D eigenvalue weighted by molar-refractivity contribution is 7.87. The molecule has 35 heavy (non-hydrogen) atoms. The molecule has 7 heteroatoms. The lowest BCUT2D eigenvalue weighted by Gasteiger charge is -2.60. The standard InChI is InChI=1S/C28H45F3O3S/c1-18(2)7-6-8-19(3)23-11-12-24-22-10-9-20-17-21(34-35(32,33)28(29,30)31)13-15-26(20,4)25(22)14-16-27(23,24)5/h13,18-20,22-25H,6-12,14-17H2,1-5H3/t19-,20+,22+,23-,24+,25+,26+,27-/m1/s1. The van der Waals surface area contributed by atoms with E-state index in [1.165, 1.54) is 44.9 Å². The van der Waals surface area contributed by atoms with Gasteiger partial charge < -0.3 is 4.18 Å². The highest BCUT2D eigenvalue weighted by atomic mass is 32.2. The van der Waals surface area contributed by atoms with E-state index in [1.54, 1.807) is 6.08 Å². The summed E-state index contributed by atoms with van der Waals surface area (Å²) in [7, 11) is -5.59. The van der Waals surface area contributed by atoms with Gasteiger partial charge in [-0.05, 0) is 103 Å². The molecule has 0 unspecified atom stereocenters. The predicted molar refractivity (Wildman–Crippen MR) is 133 cm³/mol.